The molecule has 2 amide bonds. The Kier molecular flexibility index (Phi) is 6.40. The van der Waals surface area contributed by atoms with Crippen LogP contribution >= 0.6 is 0 Å². The Morgan fingerprint density at radius 1 is 1.31 bits per heavy atom. The third-order valence-corrected chi connectivity index (χ3v) is 4.55. The van der Waals surface area contributed by atoms with Gasteiger partial charge in [0.25, 0.3) is 5.56 Å². The number of nitrogens with zero attached hydrogens (tertiary/aromatic N) is 2. The van der Waals surface area contributed by atoms with Crippen molar-refractivity contribution in [3.05, 3.63) is 65.2 Å². The molecule has 1 fully saturated rings. The molecule has 3 rings (SSSR count). The predicted molar refractivity (Wildman–Crippen MR) is 105 cm³/mol. The summed E-state index contributed by atoms with van der Waals surface area (Å²) in [6.07, 6.45) is 2.88. The van der Waals surface area contributed by atoms with Crippen molar-refractivity contribution < 1.29 is 18.7 Å². The number of primary amides is 1. The van der Waals surface area contributed by atoms with E-state index in [0.29, 0.717) is 18.8 Å². The molecule has 1 aliphatic rings. The highest BCUT2D eigenvalue weighted by Gasteiger charge is 2.37. The van der Waals surface area contributed by atoms with Gasteiger partial charge in [0.15, 0.2) is 0 Å². The maximum Gasteiger partial charge on any atom is 0.255 e. The quantitative estimate of drug-likeness (QED) is 0.710. The summed E-state index contributed by atoms with van der Waals surface area (Å²) < 4.78 is 21.2. The molecule has 1 aromatic carbocycles. The van der Waals surface area contributed by atoms with Gasteiger partial charge in [0.1, 0.15) is 5.82 Å². The average Bonchev–Trinajstić information content (AvgIpc) is 3.06. The van der Waals surface area contributed by atoms with E-state index in [2.05, 4.69) is 5.32 Å². The molecule has 29 heavy (non-hydrogen) atoms. The minimum absolute atomic E-state index is 0.0251. The lowest BCUT2D eigenvalue weighted by Gasteiger charge is -2.20. The van der Waals surface area contributed by atoms with Crippen molar-refractivity contribution in [2.24, 2.45) is 5.73 Å². The minimum Gasteiger partial charge on any atom is -0.377 e. The van der Waals surface area contributed by atoms with Gasteiger partial charge in [0.2, 0.25) is 11.8 Å². The van der Waals surface area contributed by atoms with E-state index in [4.69, 9.17) is 10.5 Å². The van der Waals surface area contributed by atoms with Crippen LogP contribution in [0.15, 0.2) is 47.4 Å². The standard InChI is InChI=1S/C20H22FN4O4/c1-2-29-14-10-17(20(22)28)24(11-14)12-18(26)23-16-7-6-13(9-15(16)21)25-8-4-3-5-19(25)27/h3-10,14,17H,2,11-12H2,1H3,(H2,22,28)(H,23,26)/t14-,17?/m0/s1. The van der Waals surface area contributed by atoms with Gasteiger partial charge in [0, 0.05) is 37.9 Å². The largest absolute Gasteiger partial charge is 0.377 e. The molecule has 0 saturated carbocycles. The number of anilines is 1. The van der Waals surface area contributed by atoms with Crippen molar-refractivity contribution in [1.82, 2.24) is 9.47 Å². The second-order valence-corrected chi connectivity index (χ2v) is 6.58. The Balaban J connectivity index is 1.68. The minimum atomic E-state index is -0.727. The van der Waals surface area contributed by atoms with Crippen LogP contribution in [0.5, 0.6) is 0 Å². The van der Waals surface area contributed by atoms with Crippen molar-refractivity contribution in [1.29, 1.82) is 0 Å². The molecule has 1 radical (unpaired) electrons. The molecule has 153 valence electrons. The molecule has 0 aliphatic carbocycles. The summed E-state index contributed by atoms with van der Waals surface area (Å²) in [4.78, 5) is 37.4. The van der Waals surface area contributed by atoms with Gasteiger partial charge >= 0.3 is 0 Å². The summed E-state index contributed by atoms with van der Waals surface area (Å²) in [7, 11) is 0. The monoisotopic (exact) mass is 401 g/mol. The van der Waals surface area contributed by atoms with Gasteiger partial charge in [-0.3, -0.25) is 23.9 Å². The van der Waals surface area contributed by atoms with Crippen LogP contribution in [0, 0.1) is 12.2 Å². The molecule has 9 heteroatoms. The van der Waals surface area contributed by atoms with Crippen molar-refractivity contribution in [2.75, 3.05) is 25.0 Å². The lowest BCUT2D eigenvalue weighted by Crippen LogP contribution is -2.44. The Hall–Kier alpha value is -3.04. The van der Waals surface area contributed by atoms with Crippen LogP contribution in [-0.2, 0) is 14.3 Å². The maximum atomic E-state index is 14.5. The van der Waals surface area contributed by atoms with Crippen LogP contribution in [0.4, 0.5) is 10.1 Å². The maximum absolute atomic E-state index is 14.5. The van der Waals surface area contributed by atoms with E-state index in [9.17, 15) is 18.8 Å². The zero-order valence-electron chi connectivity index (χ0n) is 15.9. The first kappa shape index (κ1) is 20.7. The van der Waals surface area contributed by atoms with Crippen molar-refractivity contribution in [3.63, 3.8) is 0 Å². The molecule has 2 heterocycles. The van der Waals surface area contributed by atoms with E-state index >= 15 is 0 Å². The number of hydrogen-bond donors (Lipinski definition) is 2. The predicted octanol–water partition coefficient (Wildman–Crippen LogP) is 0.694. The lowest BCUT2D eigenvalue weighted by molar-refractivity contribution is -0.123. The smallest absolute Gasteiger partial charge is 0.255 e. The fraction of sp³-hybridized carbons (Fsp3) is 0.300. The molecule has 3 N–H and O–H groups in total. The lowest BCUT2D eigenvalue weighted by atomic mass is 10.2. The highest BCUT2D eigenvalue weighted by molar-refractivity contribution is 5.93. The third kappa shape index (κ3) is 4.87. The van der Waals surface area contributed by atoms with Gasteiger partial charge in [-0.15, -0.1) is 0 Å². The number of benzene rings is 1. The van der Waals surface area contributed by atoms with Crippen LogP contribution < -0.4 is 16.6 Å². The highest BCUT2D eigenvalue weighted by atomic mass is 19.1. The normalized spacial score (nSPS) is 19.2. The number of aromatic nitrogens is 1. The summed E-state index contributed by atoms with van der Waals surface area (Å²) in [5.74, 6) is -1.76. The zero-order chi connectivity index (χ0) is 21.0. The molecule has 2 aromatic rings. The van der Waals surface area contributed by atoms with Crippen LogP contribution in [-0.4, -0.2) is 53.1 Å². The number of likely N-dealkylation sites (tertiary alicyclic amines) is 1. The molecule has 1 unspecified atom stereocenters. The Bertz CT molecular complexity index is 961. The highest BCUT2D eigenvalue weighted by Crippen LogP contribution is 2.21. The molecule has 1 saturated heterocycles. The Labute approximate surface area is 167 Å². The van der Waals surface area contributed by atoms with Gasteiger partial charge in [-0.2, -0.15) is 0 Å². The number of amides is 2. The SMILES string of the molecule is CCO[C@H]1[CH]C(C(N)=O)N(CC(=O)Nc2ccc(-n3ccccc3=O)cc2F)C1. The fourth-order valence-electron chi connectivity index (χ4n) is 3.26. The molecule has 0 spiro atoms. The van der Waals surface area contributed by atoms with Crippen molar-refractivity contribution >= 4 is 17.5 Å². The first-order chi connectivity index (χ1) is 13.9. The first-order valence-electron chi connectivity index (χ1n) is 9.16. The number of carbonyl (C=O) groups excluding carboxylic acids is 2. The number of rotatable bonds is 7. The van der Waals surface area contributed by atoms with E-state index in [1.807, 2.05) is 6.92 Å². The molecular weight excluding hydrogens is 379 g/mol. The van der Waals surface area contributed by atoms with Gasteiger partial charge in [-0.1, -0.05) is 6.07 Å². The fourth-order valence-corrected chi connectivity index (χ4v) is 3.26. The number of pyridine rings is 1. The molecule has 0 bridgehead atoms. The Morgan fingerprint density at radius 2 is 2.10 bits per heavy atom. The number of ether oxygens (including phenoxy) is 1. The van der Waals surface area contributed by atoms with Gasteiger partial charge in [-0.05, 0) is 25.1 Å². The second kappa shape index (κ2) is 8.97. The number of halogens is 1. The zero-order valence-corrected chi connectivity index (χ0v) is 15.9. The van der Waals surface area contributed by atoms with Gasteiger partial charge < -0.3 is 15.8 Å². The van der Waals surface area contributed by atoms with E-state index in [-0.39, 0.29) is 23.9 Å². The summed E-state index contributed by atoms with van der Waals surface area (Å²) in [6.45, 7) is 2.49. The van der Waals surface area contributed by atoms with Crippen LogP contribution in [0.3, 0.4) is 0 Å². The summed E-state index contributed by atoms with van der Waals surface area (Å²) in [6, 6.07) is 7.97. The molecule has 1 aliphatic heterocycles. The topological polar surface area (TPSA) is 107 Å². The second-order valence-electron chi connectivity index (χ2n) is 6.58. The van der Waals surface area contributed by atoms with E-state index in [1.165, 1.54) is 29.0 Å². The molecule has 1 aromatic heterocycles. The number of hydrogen-bond acceptors (Lipinski definition) is 5. The molecular formula is C20H22FN4O4. The van der Waals surface area contributed by atoms with E-state index < -0.39 is 23.7 Å². The summed E-state index contributed by atoms with van der Waals surface area (Å²) >= 11 is 0. The Morgan fingerprint density at radius 3 is 2.76 bits per heavy atom. The first-order valence-corrected chi connectivity index (χ1v) is 9.16. The van der Waals surface area contributed by atoms with Crippen LogP contribution in [0.25, 0.3) is 5.69 Å². The van der Waals surface area contributed by atoms with Crippen LogP contribution in [0.2, 0.25) is 0 Å². The average molecular weight is 401 g/mol. The third-order valence-electron chi connectivity index (χ3n) is 4.55. The number of nitrogens with one attached hydrogen (secondary N) is 1. The number of nitrogens with two attached hydrogens (primary N) is 1. The summed E-state index contributed by atoms with van der Waals surface area (Å²) in [5.41, 5.74) is 5.42. The van der Waals surface area contributed by atoms with E-state index in [0.717, 1.165) is 6.07 Å². The molecule has 2 atom stereocenters. The van der Waals surface area contributed by atoms with E-state index in [1.54, 1.807) is 23.5 Å². The van der Waals surface area contributed by atoms with Crippen molar-refractivity contribution in [2.45, 2.75) is 19.1 Å². The molecule has 8 nitrogen and oxygen atoms in total. The van der Waals surface area contributed by atoms with Gasteiger partial charge in [0.05, 0.1) is 30.1 Å². The number of carbonyl (C=O) groups is 2. The summed E-state index contributed by atoms with van der Waals surface area (Å²) in [5, 5.41) is 2.49. The van der Waals surface area contributed by atoms with Gasteiger partial charge in [-0.25, -0.2) is 4.39 Å². The van der Waals surface area contributed by atoms with Crippen molar-refractivity contribution in [3.8, 4) is 5.69 Å². The van der Waals surface area contributed by atoms with Crippen LogP contribution in [0.1, 0.15) is 6.92 Å².